The maximum absolute atomic E-state index is 13.8. The summed E-state index contributed by atoms with van der Waals surface area (Å²) >= 11 is 0. The van der Waals surface area contributed by atoms with E-state index in [1.165, 1.54) is 11.1 Å². The van der Waals surface area contributed by atoms with Gasteiger partial charge in [0.2, 0.25) is 11.9 Å². The number of benzene rings is 1. The minimum absolute atomic E-state index is 0.0130. The average molecular weight is 450 g/mol. The minimum atomic E-state index is 0.0130. The molecule has 5 rings (SSSR count). The lowest BCUT2D eigenvalue weighted by atomic mass is 9.79. The number of amides is 1. The van der Waals surface area contributed by atoms with Crippen molar-refractivity contribution in [1.29, 1.82) is 0 Å². The summed E-state index contributed by atoms with van der Waals surface area (Å²) in [6.45, 7) is 6.91. The zero-order valence-corrected chi connectivity index (χ0v) is 19.7. The van der Waals surface area contributed by atoms with Crippen molar-refractivity contribution in [1.82, 2.24) is 19.8 Å². The van der Waals surface area contributed by atoms with Crippen LogP contribution >= 0.6 is 0 Å². The van der Waals surface area contributed by atoms with Gasteiger partial charge in [0.1, 0.15) is 0 Å². The number of ether oxygens (including phenoxy) is 1. The summed E-state index contributed by atoms with van der Waals surface area (Å²) in [6.07, 6.45) is 4.79. The summed E-state index contributed by atoms with van der Waals surface area (Å²) in [4.78, 5) is 27.7. The number of anilines is 1. The molecule has 33 heavy (non-hydrogen) atoms. The minimum Gasteiger partial charge on any atom is -0.381 e. The predicted molar refractivity (Wildman–Crippen MR) is 128 cm³/mol. The van der Waals surface area contributed by atoms with Crippen molar-refractivity contribution in [3.63, 3.8) is 0 Å². The van der Waals surface area contributed by atoms with E-state index in [0.29, 0.717) is 18.5 Å². The summed E-state index contributed by atoms with van der Waals surface area (Å²) in [6, 6.07) is 10.9. The number of rotatable bonds is 4. The Balaban J connectivity index is 1.34. The third-order valence-electron chi connectivity index (χ3n) is 7.49. The first kappa shape index (κ1) is 22.3. The fourth-order valence-corrected chi connectivity index (χ4v) is 5.58. The molecule has 3 aliphatic rings. The largest absolute Gasteiger partial charge is 0.381 e. The van der Waals surface area contributed by atoms with Gasteiger partial charge < -0.3 is 19.9 Å². The van der Waals surface area contributed by atoms with E-state index in [4.69, 9.17) is 9.72 Å². The third-order valence-corrected chi connectivity index (χ3v) is 7.49. The summed E-state index contributed by atoms with van der Waals surface area (Å²) in [7, 11) is 2.15. The molecule has 1 aromatic heterocycles. The number of piperidine rings is 1. The van der Waals surface area contributed by atoms with Crippen LogP contribution in [-0.4, -0.2) is 71.6 Å². The van der Waals surface area contributed by atoms with Crippen LogP contribution in [0.5, 0.6) is 0 Å². The molecule has 2 aromatic rings. The second kappa shape index (κ2) is 9.77. The Morgan fingerprint density at radius 2 is 1.91 bits per heavy atom. The van der Waals surface area contributed by atoms with Crippen LogP contribution in [-0.2, 0) is 16.1 Å². The highest BCUT2D eigenvalue weighted by atomic mass is 16.5. The molecule has 2 fully saturated rings. The Bertz CT molecular complexity index is 962. The smallest absolute Gasteiger partial charge is 0.226 e. The van der Waals surface area contributed by atoms with Gasteiger partial charge in [0, 0.05) is 56.3 Å². The van der Waals surface area contributed by atoms with Crippen molar-refractivity contribution < 1.29 is 9.53 Å². The van der Waals surface area contributed by atoms with Gasteiger partial charge >= 0.3 is 0 Å². The number of nitrogens with one attached hydrogen (secondary N) is 1. The highest BCUT2D eigenvalue weighted by molar-refractivity contribution is 5.80. The lowest BCUT2D eigenvalue weighted by molar-refractivity contribution is -0.139. The Labute approximate surface area is 196 Å². The van der Waals surface area contributed by atoms with Crippen molar-refractivity contribution >= 4 is 11.9 Å². The Kier molecular flexibility index (Phi) is 6.60. The topological polar surface area (TPSA) is 70.6 Å². The molecule has 1 aromatic carbocycles. The monoisotopic (exact) mass is 449 g/mol. The third kappa shape index (κ3) is 4.89. The van der Waals surface area contributed by atoms with Gasteiger partial charge in [-0.1, -0.05) is 37.3 Å². The number of nitrogens with zero attached hydrogens (tertiary/aromatic N) is 4. The molecule has 0 radical (unpaired) electrons. The highest BCUT2D eigenvalue weighted by Gasteiger charge is 2.38. The normalized spacial score (nSPS) is 26.6. The van der Waals surface area contributed by atoms with Crippen molar-refractivity contribution in [2.24, 2.45) is 5.92 Å². The molecule has 4 heterocycles. The number of carbonyl (C=O) groups excluding carboxylic acids is 1. The summed E-state index contributed by atoms with van der Waals surface area (Å²) in [5.74, 6) is 1.41. The zero-order valence-electron chi connectivity index (χ0n) is 19.7. The van der Waals surface area contributed by atoms with Crippen LogP contribution in [0.1, 0.15) is 54.8 Å². The molecule has 3 atom stereocenters. The first-order valence-corrected chi connectivity index (χ1v) is 12.3. The van der Waals surface area contributed by atoms with E-state index in [9.17, 15) is 4.79 Å². The molecule has 2 saturated heterocycles. The SMILES string of the molecule is C[C@@H]1CN(C(=O)[C@H]2CCN(C)C[C@@H]2c2ccccc2)Cc2nc(NC3CCOCC3)ncc21. The van der Waals surface area contributed by atoms with E-state index >= 15 is 0 Å². The zero-order chi connectivity index (χ0) is 22.8. The van der Waals surface area contributed by atoms with Crippen molar-refractivity contribution in [2.45, 2.75) is 50.6 Å². The number of hydrogen-bond donors (Lipinski definition) is 1. The van der Waals surface area contributed by atoms with Gasteiger partial charge in [0.05, 0.1) is 12.2 Å². The maximum Gasteiger partial charge on any atom is 0.226 e. The molecular formula is C26H35N5O2. The standard InChI is InChI=1S/C26H35N5O2/c1-18-15-31(17-24-22(18)14-27-26(29-24)28-20-9-12-33-13-10-20)25(32)21-8-11-30(2)16-23(21)19-6-4-3-5-7-19/h3-7,14,18,20-21,23H,8-13,15-17H2,1-2H3,(H,27,28,29)/t18-,21+,23-/m1/s1. The van der Waals surface area contributed by atoms with Crippen LogP contribution in [0.2, 0.25) is 0 Å². The van der Waals surface area contributed by atoms with Crippen molar-refractivity contribution in [3.05, 3.63) is 53.3 Å². The van der Waals surface area contributed by atoms with Gasteiger partial charge in [0.25, 0.3) is 0 Å². The Hall–Kier alpha value is -2.51. The molecular weight excluding hydrogens is 414 g/mol. The van der Waals surface area contributed by atoms with Crippen molar-refractivity contribution in [2.75, 3.05) is 45.2 Å². The Morgan fingerprint density at radius 3 is 2.70 bits per heavy atom. The molecule has 1 N–H and O–H groups in total. The average Bonchev–Trinajstić information content (AvgIpc) is 2.84. The van der Waals surface area contributed by atoms with Gasteiger partial charge in [-0.05, 0) is 44.0 Å². The number of hydrogen-bond acceptors (Lipinski definition) is 6. The first-order valence-electron chi connectivity index (χ1n) is 12.3. The quantitative estimate of drug-likeness (QED) is 0.773. The van der Waals surface area contributed by atoms with Gasteiger partial charge in [0.15, 0.2) is 0 Å². The molecule has 7 heteroatoms. The van der Waals surface area contributed by atoms with Gasteiger partial charge in [-0.3, -0.25) is 4.79 Å². The van der Waals surface area contributed by atoms with Crippen LogP contribution in [0.4, 0.5) is 5.95 Å². The van der Waals surface area contributed by atoms with E-state index in [2.05, 4.69) is 53.4 Å². The molecule has 0 unspecified atom stereocenters. The molecule has 1 amide bonds. The summed E-state index contributed by atoms with van der Waals surface area (Å²) < 4.78 is 5.46. The second-order valence-electron chi connectivity index (χ2n) is 9.92. The second-order valence-corrected chi connectivity index (χ2v) is 9.92. The predicted octanol–water partition coefficient (Wildman–Crippen LogP) is 3.25. The fourth-order valence-electron chi connectivity index (χ4n) is 5.58. The van der Waals surface area contributed by atoms with E-state index in [1.54, 1.807) is 0 Å². The Morgan fingerprint density at radius 1 is 1.12 bits per heavy atom. The number of carbonyl (C=O) groups is 1. The molecule has 3 aliphatic heterocycles. The molecule has 0 spiro atoms. The van der Waals surface area contributed by atoms with E-state index < -0.39 is 0 Å². The first-order chi connectivity index (χ1) is 16.1. The number of likely N-dealkylation sites (N-methyl/N-ethyl adjacent to an activating group) is 1. The summed E-state index contributed by atoms with van der Waals surface area (Å²) in [5, 5.41) is 3.48. The number of fused-ring (bicyclic) bond motifs is 1. The lowest BCUT2D eigenvalue weighted by Gasteiger charge is -2.40. The molecule has 176 valence electrons. The summed E-state index contributed by atoms with van der Waals surface area (Å²) in [5.41, 5.74) is 3.41. The van der Waals surface area contributed by atoms with E-state index in [1.807, 2.05) is 17.2 Å². The van der Waals surface area contributed by atoms with Crippen LogP contribution in [0.25, 0.3) is 0 Å². The van der Waals surface area contributed by atoms with Gasteiger partial charge in [-0.2, -0.15) is 0 Å². The molecule has 0 bridgehead atoms. The lowest BCUT2D eigenvalue weighted by Crippen LogP contribution is -2.47. The van der Waals surface area contributed by atoms with E-state index in [-0.39, 0.29) is 23.7 Å². The van der Waals surface area contributed by atoms with Crippen LogP contribution < -0.4 is 5.32 Å². The number of aromatic nitrogens is 2. The van der Waals surface area contributed by atoms with Gasteiger partial charge in [-0.15, -0.1) is 0 Å². The van der Waals surface area contributed by atoms with Crippen LogP contribution in [0, 0.1) is 5.92 Å². The molecule has 0 saturated carbocycles. The van der Waals surface area contributed by atoms with E-state index in [0.717, 1.165) is 57.8 Å². The maximum atomic E-state index is 13.8. The number of likely N-dealkylation sites (tertiary alicyclic amines) is 1. The molecule has 7 nitrogen and oxygen atoms in total. The van der Waals surface area contributed by atoms with Crippen molar-refractivity contribution in [3.8, 4) is 0 Å². The van der Waals surface area contributed by atoms with Gasteiger partial charge in [-0.25, -0.2) is 9.97 Å². The van der Waals surface area contributed by atoms with Crippen LogP contribution in [0.3, 0.4) is 0 Å². The van der Waals surface area contributed by atoms with Crippen LogP contribution in [0.15, 0.2) is 36.5 Å². The molecule has 0 aliphatic carbocycles. The fraction of sp³-hybridized carbons (Fsp3) is 0.577. The highest BCUT2D eigenvalue weighted by Crippen LogP contribution is 2.36.